The first-order chi connectivity index (χ1) is 15.2. The predicted molar refractivity (Wildman–Crippen MR) is 119 cm³/mol. The van der Waals surface area contributed by atoms with E-state index in [4.69, 9.17) is 10.4 Å². The summed E-state index contributed by atoms with van der Waals surface area (Å²) in [6, 6.07) is 13.0. The van der Waals surface area contributed by atoms with Gasteiger partial charge in [-0.2, -0.15) is 5.26 Å². The average molecular weight is 434 g/mol. The Morgan fingerprint density at radius 3 is 2.66 bits per heavy atom. The van der Waals surface area contributed by atoms with Crippen LogP contribution >= 0.6 is 0 Å². The fourth-order valence-electron chi connectivity index (χ4n) is 5.12. The Kier molecular flexibility index (Phi) is 5.64. The Hall–Kier alpha value is -3.40. The molecule has 0 radical (unpaired) electrons. The molecule has 0 unspecified atom stereocenters. The highest BCUT2D eigenvalue weighted by Crippen LogP contribution is 2.37. The molecule has 2 aliphatic heterocycles. The van der Waals surface area contributed by atoms with Gasteiger partial charge in [-0.3, -0.25) is 14.4 Å². The average Bonchev–Trinajstić information content (AvgIpc) is 2.73. The van der Waals surface area contributed by atoms with Gasteiger partial charge >= 0.3 is 5.97 Å². The number of aromatic nitrogens is 1. The van der Waals surface area contributed by atoms with Crippen LogP contribution in [0.1, 0.15) is 50.3 Å². The van der Waals surface area contributed by atoms with E-state index < -0.39 is 11.4 Å². The standard InChI is InChI=1S/C25H27N3O4/c1-25(2,11-23(30)31)10-22(29)27-13-17-9-19(15-27)21-7-6-20(24(32)28(21)14-17)18-5-3-4-16(8-18)12-26/h3-8,17,19H,9-11,13-15H2,1-2H3,(H,30,31)/t17-,19-/m1/s1. The molecule has 7 heteroatoms. The summed E-state index contributed by atoms with van der Waals surface area (Å²) in [5.74, 6) is -0.651. The number of aliphatic carboxylic acids is 1. The molecule has 166 valence electrons. The lowest BCUT2D eigenvalue weighted by Gasteiger charge is -2.43. The zero-order valence-corrected chi connectivity index (χ0v) is 18.4. The molecule has 1 saturated heterocycles. The summed E-state index contributed by atoms with van der Waals surface area (Å²) in [4.78, 5) is 39.2. The van der Waals surface area contributed by atoms with Gasteiger partial charge in [0, 0.05) is 43.2 Å². The number of carbonyl (C=O) groups excluding carboxylic acids is 1. The Balaban J connectivity index is 1.57. The first-order valence-corrected chi connectivity index (χ1v) is 10.9. The van der Waals surface area contributed by atoms with E-state index in [9.17, 15) is 14.4 Å². The quantitative estimate of drug-likeness (QED) is 0.780. The Morgan fingerprint density at radius 1 is 1.16 bits per heavy atom. The lowest BCUT2D eigenvalue weighted by molar-refractivity contribution is -0.141. The first-order valence-electron chi connectivity index (χ1n) is 10.9. The van der Waals surface area contributed by atoms with Gasteiger partial charge in [0.2, 0.25) is 5.91 Å². The van der Waals surface area contributed by atoms with Gasteiger partial charge in [0.05, 0.1) is 18.1 Å². The number of amides is 1. The molecule has 2 aromatic rings. The van der Waals surface area contributed by atoms with Crippen LogP contribution in [0.4, 0.5) is 0 Å². The second-order valence-electron chi connectivity index (χ2n) is 9.79. The third-order valence-corrected chi connectivity index (χ3v) is 6.52. The molecule has 4 rings (SSSR count). The number of hydrogen-bond acceptors (Lipinski definition) is 4. The van der Waals surface area contributed by atoms with E-state index in [1.165, 1.54) is 0 Å². The summed E-state index contributed by atoms with van der Waals surface area (Å²) >= 11 is 0. The van der Waals surface area contributed by atoms with Crippen LogP contribution in [-0.2, 0) is 16.1 Å². The van der Waals surface area contributed by atoms with Gasteiger partial charge in [-0.05, 0) is 47.6 Å². The number of hydrogen-bond donors (Lipinski definition) is 1. The highest BCUT2D eigenvalue weighted by atomic mass is 16.4. The molecule has 2 aliphatic rings. The van der Waals surface area contributed by atoms with Crippen LogP contribution in [0.5, 0.6) is 0 Å². The van der Waals surface area contributed by atoms with Gasteiger partial charge < -0.3 is 14.6 Å². The van der Waals surface area contributed by atoms with Gasteiger partial charge in [0.15, 0.2) is 0 Å². The van der Waals surface area contributed by atoms with E-state index in [2.05, 4.69) is 6.07 Å². The zero-order chi connectivity index (χ0) is 23.0. The largest absolute Gasteiger partial charge is 0.481 e. The topological polar surface area (TPSA) is 103 Å². The number of carboxylic acid groups (broad SMARTS) is 1. The van der Waals surface area contributed by atoms with Crippen molar-refractivity contribution in [3.05, 3.63) is 58.0 Å². The maximum Gasteiger partial charge on any atom is 0.303 e. The SMILES string of the molecule is CC(C)(CC(=O)O)CC(=O)N1C[C@H]2C[C@H](C1)c1ccc(-c3cccc(C#N)c3)c(=O)n1C2. The van der Waals surface area contributed by atoms with Gasteiger partial charge in [0.25, 0.3) is 5.56 Å². The first kappa shape index (κ1) is 21.8. The van der Waals surface area contributed by atoms with Gasteiger partial charge in [-0.25, -0.2) is 0 Å². The van der Waals surface area contributed by atoms with Gasteiger partial charge in [-0.1, -0.05) is 26.0 Å². The van der Waals surface area contributed by atoms with Crippen LogP contribution in [0.15, 0.2) is 41.2 Å². The van der Waals surface area contributed by atoms with E-state index >= 15 is 0 Å². The molecule has 2 atom stereocenters. The van der Waals surface area contributed by atoms with Crippen LogP contribution in [-0.4, -0.2) is 39.5 Å². The van der Waals surface area contributed by atoms with Gasteiger partial charge in [0.1, 0.15) is 0 Å². The molecule has 0 spiro atoms. The molecule has 32 heavy (non-hydrogen) atoms. The number of carboxylic acids is 1. The lowest BCUT2D eigenvalue weighted by Crippen LogP contribution is -2.50. The Morgan fingerprint density at radius 2 is 1.94 bits per heavy atom. The van der Waals surface area contributed by atoms with Crippen molar-refractivity contribution in [2.24, 2.45) is 11.3 Å². The molecule has 3 heterocycles. The van der Waals surface area contributed by atoms with Crippen molar-refractivity contribution in [2.75, 3.05) is 13.1 Å². The minimum absolute atomic E-state index is 0.0216. The van der Waals surface area contributed by atoms with Crippen molar-refractivity contribution in [3.63, 3.8) is 0 Å². The van der Waals surface area contributed by atoms with Crippen molar-refractivity contribution >= 4 is 11.9 Å². The predicted octanol–water partition coefficient (Wildman–Crippen LogP) is 3.22. The number of fused-ring (bicyclic) bond motifs is 4. The third-order valence-electron chi connectivity index (χ3n) is 6.52. The molecule has 1 N–H and O–H groups in total. The summed E-state index contributed by atoms with van der Waals surface area (Å²) in [5.41, 5.74) is 2.11. The van der Waals surface area contributed by atoms with Crippen LogP contribution in [0, 0.1) is 22.7 Å². The lowest BCUT2D eigenvalue weighted by atomic mass is 9.81. The number of nitriles is 1. The van der Waals surface area contributed by atoms with Crippen molar-refractivity contribution in [2.45, 2.75) is 45.6 Å². The number of rotatable bonds is 5. The highest BCUT2D eigenvalue weighted by Gasteiger charge is 2.38. The molecule has 2 bridgehead atoms. The maximum atomic E-state index is 13.3. The van der Waals surface area contributed by atoms with Crippen LogP contribution in [0.25, 0.3) is 11.1 Å². The molecule has 1 fully saturated rings. The molecule has 1 aromatic heterocycles. The molecule has 0 saturated carbocycles. The van der Waals surface area contributed by atoms with Crippen molar-refractivity contribution in [3.8, 4) is 17.2 Å². The van der Waals surface area contributed by atoms with Crippen molar-refractivity contribution < 1.29 is 14.7 Å². The number of pyridine rings is 1. The number of benzene rings is 1. The second kappa shape index (κ2) is 8.27. The summed E-state index contributed by atoms with van der Waals surface area (Å²) < 4.78 is 1.84. The number of nitrogens with zero attached hydrogens (tertiary/aromatic N) is 3. The Bertz CT molecular complexity index is 1170. The smallest absolute Gasteiger partial charge is 0.303 e. The summed E-state index contributed by atoms with van der Waals surface area (Å²) in [6.45, 7) is 5.29. The van der Waals surface area contributed by atoms with Crippen LogP contribution < -0.4 is 5.56 Å². The van der Waals surface area contributed by atoms with Crippen molar-refractivity contribution in [1.29, 1.82) is 5.26 Å². The monoisotopic (exact) mass is 433 g/mol. The fourth-order valence-corrected chi connectivity index (χ4v) is 5.12. The van der Waals surface area contributed by atoms with Crippen LogP contribution in [0.2, 0.25) is 0 Å². The summed E-state index contributed by atoms with van der Waals surface area (Å²) in [5, 5.41) is 18.3. The molecule has 7 nitrogen and oxygen atoms in total. The van der Waals surface area contributed by atoms with E-state index in [1.54, 1.807) is 18.2 Å². The fraction of sp³-hybridized carbons (Fsp3) is 0.440. The summed E-state index contributed by atoms with van der Waals surface area (Å²) in [6.07, 6.45) is 1.08. The number of carbonyl (C=O) groups is 2. The van der Waals surface area contributed by atoms with Crippen LogP contribution in [0.3, 0.4) is 0 Å². The molecular weight excluding hydrogens is 406 g/mol. The molecular formula is C25H27N3O4. The summed E-state index contributed by atoms with van der Waals surface area (Å²) in [7, 11) is 0. The number of piperidine rings is 1. The normalized spacial score (nSPS) is 19.7. The van der Waals surface area contributed by atoms with E-state index in [0.717, 1.165) is 17.7 Å². The minimum atomic E-state index is -0.900. The highest BCUT2D eigenvalue weighted by molar-refractivity contribution is 5.78. The zero-order valence-electron chi connectivity index (χ0n) is 18.4. The van der Waals surface area contributed by atoms with Crippen molar-refractivity contribution in [1.82, 2.24) is 9.47 Å². The van der Waals surface area contributed by atoms with E-state index in [1.807, 2.05) is 41.5 Å². The Labute approximate surface area is 186 Å². The molecule has 1 amide bonds. The second-order valence-corrected chi connectivity index (χ2v) is 9.79. The minimum Gasteiger partial charge on any atom is -0.481 e. The maximum absolute atomic E-state index is 13.3. The van der Waals surface area contributed by atoms with Gasteiger partial charge in [-0.15, -0.1) is 0 Å². The third kappa shape index (κ3) is 4.31. The van der Waals surface area contributed by atoms with E-state index in [-0.39, 0.29) is 36.1 Å². The molecule has 0 aliphatic carbocycles. The number of likely N-dealkylation sites (tertiary alicyclic amines) is 1. The molecule has 1 aromatic carbocycles. The van der Waals surface area contributed by atoms with E-state index in [0.29, 0.717) is 30.8 Å².